The van der Waals surface area contributed by atoms with Crippen LogP contribution in [0.15, 0.2) is 36.4 Å². The Morgan fingerprint density at radius 1 is 0.973 bits per heavy atom. The first kappa shape index (κ1) is 28.2. The molecule has 0 unspecified atom stereocenters. The lowest BCUT2D eigenvalue weighted by Gasteiger charge is -2.44. The topological polar surface area (TPSA) is 100 Å². The van der Waals surface area contributed by atoms with E-state index in [1.165, 1.54) is 0 Å². The summed E-state index contributed by atoms with van der Waals surface area (Å²) in [6.07, 6.45) is -0.307. The fourth-order valence-electron chi connectivity index (χ4n) is 4.47. The minimum absolute atomic E-state index is 0.0674. The van der Waals surface area contributed by atoms with Gasteiger partial charge in [0.2, 0.25) is 5.91 Å². The Morgan fingerprint density at radius 2 is 1.70 bits per heavy atom. The van der Waals surface area contributed by atoms with Crippen LogP contribution in [-0.4, -0.2) is 66.1 Å². The van der Waals surface area contributed by atoms with Gasteiger partial charge in [0, 0.05) is 12.2 Å². The summed E-state index contributed by atoms with van der Waals surface area (Å²) in [6.45, 7) is 0.655. The normalized spacial score (nSPS) is 24.0. The van der Waals surface area contributed by atoms with Crippen LogP contribution in [-0.2, 0) is 20.8 Å². The van der Waals surface area contributed by atoms with Crippen molar-refractivity contribution in [2.24, 2.45) is 0 Å². The summed E-state index contributed by atoms with van der Waals surface area (Å²) in [5.41, 5.74) is 1.32. The van der Waals surface area contributed by atoms with Gasteiger partial charge in [-0.25, -0.2) is 4.79 Å². The molecule has 3 amide bonds. The van der Waals surface area contributed by atoms with Crippen molar-refractivity contribution in [3.8, 4) is 0 Å². The third-order valence-corrected chi connectivity index (χ3v) is 7.78. The lowest BCUT2D eigenvalue weighted by atomic mass is 9.95. The van der Waals surface area contributed by atoms with Crippen molar-refractivity contribution in [1.82, 2.24) is 10.2 Å². The summed E-state index contributed by atoms with van der Waals surface area (Å²) in [7, 11) is 0. The van der Waals surface area contributed by atoms with Crippen LogP contribution in [0.3, 0.4) is 0 Å². The Hall–Kier alpha value is -1.78. The van der Waals surface area contributed by atoms with Crippen LogP contribution < -0.4 is 10.6 Å². The van der Waals surface area contributed by atoms with Crippen LogP contribution in [0.2, 0.25) is 20.1 Å². The first-order chi connectivity index (χ1) is 17.7. The number of hydrogen-bond donors (Lipinski definition) is 3. The van der Waals surface area contributed by atoms with E-state index in [4.69, 9.17) is 55.9 Å². The molecule has 4 rings (SSSR count). The summed E-state index contributed by atoms with van der Waals surface area (Å²) in [5.74, 6) is -0.161. The van der Waals surface area contributed by atoms with Crippen molar-refractivity contribution in [3.63, 3.8) is 0 Å². The zero-order valence-electron chi connectivity index (χ0n) is 19.8. The number of aliphatic hydroxyl groups excluding tert-OH is 1. The number of β-amino-alcohol motifs (C(OH)–C–C–N with tert-alkyl or cyclic N) is 1. The van der Waals surface area contributed by atoms with Gasteiger partial charge in [-0.3, -0.25) is 4.79 Å². The SMILES string of the molecule is O=C(C[C@H]1CC[C@@H]2[C@H](COC[C@H](O)CN2C(=O)Nc2ccc(Cl)c(Cl)c2)O1)NCc1ccc(Cl)c(Cl)c1. The van der Waals surface area contributed by atoms with Crippen LogP contribution in [0.5, 0.6) is 0 Å². The standard InChI is InChI=1S/C25H27Cl4N3O5/c26-18-4-1-14(7-20(18)28)10-30-24(34)9-17-3-6-22-23(37-17)13-36-12-16(33)11-32(22)25(35)31-15-2-5-19(27)21(29)8-15/h1-2,4-5,7-8,16-17,22-23,33H,3,6,9-13H2,(H,30,34)(H,31,35)/t16-,17-,22-,23+/m1/s1. The molecule has 2 aliphatic heterocycles. The zero-order chi connectivity index (χ0) is 26.5. The number of anilines is 1. The van der Waals surface area contributed by atoms with Gasteiger partial charge in [-0.2, -0.15) is 0 Å². The third kappa shape index (κ3) is 7.63. The van der Waals surface area contributed by atoms with E-state index >= 15 is 0 Å². The molecule has 4 atom stereocenters. The molecule has 0 radical (unpaired) electrons. The highest BCUT2D eigenvalue weighted by atomic mass is 35.5. The summed E-state index contributed by atoms with van der Waals surface area (Å²) >= 11 is 24.0. The van der Waals surface area contributed by atoms with Crippen LogP contribution in [0.1, 0.15) is 24.8 Å². The molecular weight excluding hydrogens is 564 g/mol. The van der Waals surface area contributed by atoms with Crippen molar-refractivity contribution < 1.29 is 24.2 Å². The molecule has 2 saturated heterocycles. The molecule has 3 N–H and O–H groups in total. The summed E-state index contributed by atoms with van der Waals surface area (Å²) in [5, 5.41) is 17.6. The van der Waals surface area contributed by atoms with Crippen molar-refractivity contribution >= 4 is 64.0 Å². The molecular formula is C25H27Cl4N3O5. The predicted molar refractivity (Wildman–Crippen MR) is 144 cm³/mol. The number of benzene rings is 2. The van der Waals surface area contributed by atoms with Crippen molar-refractivity contribution in [2.45, 2.75) is 50.2 Å². The Labute approximate surface area is 235 Å². The fourth-order valence-corrected chi connectivity index (χ4v) is 5.09. The van der Waals surface area contributed by atoms with Crippen LogP contribution in [0.4, 0.5) is 10.5 Å². The van der Waals surface area contributed by atoms with E-state index in [2.05, 4.69) is 10.6 Å². The highest BCUT2D eigenvalue weighted by Gasteiger charge is 2.40. The maximum atomic E-state index is 13.2. The van der Waals surface area contributed by atoms with E-state index in [1.807, 2.05) is 0 Å². The molecule has 2 heterocycles. The Kier molecular flexibility index (Phi) is 9.80. The number of rotatable bonds is 5. The summed E-state index contributed by atoms with van der Waals surface area (Å²) in [4.78, 5) is 27.4. The number of ether oxygens (including phenoxy) is 2. The minimum Gasteiger partial charge on any atom is -0.389 e. The summed E-state index contributed by atoms with van der Waals surface area (Å²) < 4.78 is 11.8. The second-order valence-corrected chi connectivity index (χ2v) is 10.7. The van der Waals surface area contributed by atoms with Gasteiger partial charge < -0.3 is 30.1 Å². The molecule has 8 nitrogen and oxygen atoms in total. The zero-order valence-corrected chi connectivity index (χ0v) is 22.8. The van der Waals surface area contributed by atoms with Gasteiger partial charge >= 0.3 is 6.03 Å². The van der Waals surface area contributed by atoms with Gasteiger partial charge in [0.15, 0.2) is 0 Å². The highest BCUT2D eigenvalue weighted by molar-refractivity contribution is 6.42. The van der Waals surface area contributed by atoms with E-state index in [-0.39, 0.29) is 44.2 Å². The molecule has 2 aromatic carbocycles. The highest BCUT2D eigenvalue weighted by Crippen LogP contribution is 2.30. The second kappa shape index (κ2) is 12.8. The van der Waals surface area contributed by atoms with E-state index in [1.54, 1.807) is 41.3 Å². The third-order valence-electron chi connectivity index (χ3n) is 6.30. The molecule has 2 fully saturated rings. The largest absolute Gasteiger partial charge is 0.389 e. The Bertz CT molecular complexity index is 1140. The number of fused-ring (bicyclic) bond motifs is 1. The number of aliphatic hydroxyl groups is 1. The van der Waals surface area contributed by atoms with E-state index in [0.717, 1.165) is 5.56 Å². The lowest BCUT2D eigenvalue weighted by molar-refractivity contribution is -0.149. The average molecular weight is 591 g/mol. The van der Waals surface area contributed by atoms with Gasteiger partial charge in [0.1, 0.15) is 6.10 Å². The molecule has 37 heavy (non-hydrogen) atoms. The maximum absolute atomic E-state index is 13.2. The molecule has 200 valence electrons. The minimum atomic E-state index is -0.842. The number of nitrogens with one attached hydrogen (secondary N) is 2. The molecule has 0 saturated carbocycles. The molecule has 12 heteroatoms. The quantitative estimate of drug-likeness (QED) is 0.447. The van der Waals surface area contributed by atoms with Crippen molar-refractivity contribution in [2.75, 3.05) is 25.1 Å². The number of hydrogen-bond acceptors (Lipinski definition) is 5. The van der Waals surface area contributed by atoms with Crippen LogP contribution in [0.25, 0.3) is 0 Å². The molecule has 2 aromatic rings. The molecule has 0 aromatic heterocycles. The van der Waals surface area contributed by atoms with E-state index < -0.39 is 18.2 Å². The molecule has 0 spiro atoms. The maximum Gasteiger partial charge on any atom is 0.322 e. The molecule has 0 aliphatic carbocycles. The predicted octanol–water partition coefficient (Wildman–Crippen LogP) is 5.15. The van der Waals surface area contributed by atoms with Crippen molar-refractivity contribution in [1.29, 1.82) is 0 Å². The number of amides is 3. The lowest BCUT2D eigenvalue weighted by Crippen LogP contribution is -2.58. The van der Waals surface area contributed by atoms with Crippen LogP contribution in [0, 0.1) is 0 Å². The number of carbonyl (C=O) groups is 2. The average Bonchev–Trinajstić information content (AvgIpc) is 2.85. The second-order valence-electron chi connectivity index (χ2n) is 9.07. The van der Waals surface area contributed by atoms with Gasteiger partial charge in [-0.15, -0.1) is 0 Å². The smallest absolute Gasteiger partial charge is 0.322 e. The van der Waals surface area contributed by atoms with Gasteiger partial charge in [-0.1, -0.05) is 52.5 Å². The Morgan fingerprint density at radius 3 is 2.43 bits per heavy atom. The van der Waals surface area contributed by atoms with Gasteiger partial charge in [0.25, 0.3) is 0 Å². The molecule has 2 aliphatic rings. The molecule has 0 bridgehead atoms. The van der Waals surface area contributed by atoms with Crippen molar-refractivity contribution in [3.05, 3.63) is 62.1 Å². The van der Waals surface area contributed by atoms with Gasteiger partial charge in [-0.05, 0) is 48.7 Å². The first-order valence-corrected chi connectivity index (χ1v) is 13.4. The van der Waals surface area contributed by atoms with E-state index in [9.17, 15) is 14.7 Å². The summed E-state index contributed by atoms with van der Waals surface area (Å²) in [6, 6.07) is 9.27. The number of nitrogens with zero attached hydrogens (tertiary/aromatic N) is 1. The van der Waals surface area contributed by atoms with Crippen LogP contribution >= 0.6 is 46.4 Å². The number of halogens is 4. The fraction of sp³-hybridized carbons (Fsp3) is 0.440. The monoisotopic (exact) mass is 589 g/mol. The van der Waals surface area contributed by atoms with E-state index in [0.29, 0.717) is 45.2 Å². The number of carbonyl (C=O) groups excluding carboxylic acids is 2. The van der Waals surface area contributed by atoms with Gasteiger partial charge in [0.05, 0.1) is 64.5 Å². The number of urea groups is 1. The Balaban J connectivity index is 1.36. The first-order valence-electron chi connectivity index (χ1n) is 11.8.